The number of para-hydroxylation sites is 1. The van der Waals surface area contributed by atoms with Crippen LogP contribution in [0.15, 0.2) is 64.2 Å². The second-order valence-corrected chi connectivity index (χ2v) is 9.02. The molecule has 2 aliphatic heterocycles. The van der Waals surface area contributed by atoms with Gasteiger partial charge in [-0.3, -0.25) is 9.69 Å². The summed E-state index contributed by atoms with van der Waals surface area (Å²) in [4.78, 5) is 14.2. The number of hydrogen-bond donors (Lipinski definition) is 0. The molecule has 1 saturated heterocycles. The van der Waals surface area contributed by atoms with Crippen molar-refractivity contribution in [2.45, 2.75) is 18.3 Å². The van der Waals surface area contributed by atoms with Crippen LogP contribution in [0.5, 0.6) is 0 Å². The first kappa shape index (κ1) is 19.6. The SMILES string of the molecule is CC(=O)C1=NN(c2ccccc2)[C@](Cc2ccc(Br)cc2)(N2CCOCC2)S1. The fraction of sp³-hybridized carbons (Fsp3) is 0.333. The van der Waals surface area contributed by atoms with Crippen LogP contribution < -0.4 is 5.01 Å². The average Bonchev–Trinajstić information content (AvgIpc) is 3.12. The van der Waals surface area contributed by atoms with Crippen LogP contribution in [-0.4, -0.2) is 47.0 Å². The van der Waals surface area contributed by atoms with Crippen LogP contribution in [0.2, 0.25) is 0 Å². The lowest BCUT2D eigenvalue weighted by molar-refractivity contribution is -0.110. The van der Waals surface area contributed by atoms with Crippen molar-refractivity contribution < 1.29 is 9.53 Å². The molecular weight excluding hydrogens is 438 g/mol. The highest BCUT2D eigenvalue weighted by Crippen LogP contribution is 2.45. The Morgan fingerprint density at radius 3 is 2.46 bits per heavy atom. The fourth-order valence-corrected chi connectivity index (χ4v) is 5.18. The lowest BCUT2D eigenvalue weighted by Crippen LogP contribution is -2.59. The number of benzene rings is 2. The zero-order chi connectivity index (χ0) is 19.6. The van der Waals surface area contributed by atoms with E-state index in [-0.39, 0.29) is 5.78 Å². The first-order valence-electron chi connectivity index (χ1n) is 9.29. The van der Waals surface area contributed by atoms with Crippen LogP contribution in [0.3, 0.4) is 0 Å². The third-order valence-electron chi connectivity index (χ3n) is 4.94. The number of Topliss-reactive ketones (excluding diaryl/α,β-unsaturated/α-hetero) is 1. The Labute approximate surface area is 177 Å². The summed E-state index contributed by atoms with van der Waals surface area (Å²) in [5, 5.41) is 7.35. The summed E-state index contributed by atoms with van der Waals surface area (Å²) in [6.45, 7) is 4.55. The minimum atomic E-state index is -0.500. The van der Waals surface area contributed by atoms with Gasteiger partial charge in [-0.05, 0) is 29.8 Å². The van der Waals surface area contributed by atoms with Crippen LogP contribution in [0.4, 0.5) is 5.69 Å². The van der Waals surface area contributed by atoms with E-state index in [0.29, 0.717) is 18.3 Å². The molecule has 0 aromatic heterocycles. The molecule has 0 radical (unpaired) electrons. The number of ketones is 1. The largest absolute Gasteiger partial charge is 0.379 e. The Morgan fingerprint density at radius 1 is 1.14 bits per heavy atom. The van der Waals surface area contributed by atoms with Gasteiger partial charge >= 0.3 is 0 Å². The summed E-state index contributed by atoms with van der Waals surface area (Å²) in [6.07, 6.45) is 0.736. The third kappa shape index (κ3) is 3.89. The molecule has 1 atom stereocenters. The minimum Gasteiger partial charge on any atom is -0.379 e. The van der Waals surface area contributed by atoms with Gasteiger partial charge in [0, 0.05) is 30.9 Å². The molecule has 4 rings (SSSR count). The molecule has 0 N–H and O–H groups in total. The molecule has 0 unspecified atom stereocenters. The van der Waals surface area contributed by atoms with Crippen molar-refractivity contribution in [2.24, 2.45) is 5.10 Å². The number of hydrazone groups is 1. The first-order valence-corrected chi connectivity index (χ1v) is 10.9. The van der Waals surface area contributed by atoms with Crippen molar-refractivity contribution in [3.63, 3.8) is 0 Å². The van der Waals surface area contributed by atoms with Gasteiger partial charge in [0.05, 0.1) is 18.9 Å². The summed E-state index contributed by atoms with van der Waals surface area (Å²) < 4.78 is 6.66. The number of halogens is 1. The zero-order valence-corrected chi connectivity index (χ0v) is 18.1. The molecule has 0 amide bonds. The minimum absolute atomic E-state index is 0.00290. The summed E-state index contributed by atoms with van der Waals surface area (Å²) in [6, 6.07) is 18.5. The number of carbonyl (C=O) groups is 1. The van der Waals surface area contributed by atoms with E-state index < -0.39 is 4.99 Å². The molecule has 2 aromatic rings. The monoisotopic (exact) mass is 459 g/mol. The highest BCUT2D eigenvalue weighted by Gasteiger charge is 2.50. The van der Waals surface area contributed by atoms with Gasteiger partial charge < -0.3 is 4.74 Å². The Balaban J connectivity index is 1.79. The summed E-state index contributed by atoms with van der Waals surface area (Å²) in [5.74, 6) is -0.00290. The van der Waals surface area contributed by atoms with Crippen molar-refractivity contribution in [1.29, 1.82) is 0 Å². The molecule has 2 aliphatic rings. The molecule has 28 heavy (non-hydrogen) atoms. The predicted molar refractivity (Wildman–Crippen MR) is 118 cm³/mol. The summed E-state index contributed by atoms with van der Waals surface area (Å²) in [5.41, 5.74) is 2.18. The Hall–Kier alpha value is -1.67. The van der Waals surface area contributed by atoms with Crippen molar-refractivity contribution in [2.75, 3.05) is 31.3 Å². The second-order valence-electron chi connectivity index (χ2n) is 6.86. The highest BCUT2D eigenvalue weighted by molar-refractivity contribution is 9.10. The van der Waals surface area contributed by atoms with E-state index in [2.05, 4.69) is 45.1 Å². The first-order chi connectivity index (χ1) is 13.6. The number of nitrogens with zero attached hydrogens (tertiary/aromatic N) is 3. The number of carbonyl (C=O) groups excluding carboxylic acids is 1. The van der Waals surface area contributed by atoms with Crippen LogP contribution in [0, 0.1) is 0 Å². The number of ether oxygens (including phenoxy) is 1. The molecular formula is C21H22BrN3O2S. The maximum absolute atomic E-state index is 12.3. The van der Waals surface area contributed by atoms with Crippen molar-refractivity contribution in [3.8, 4) is 0 Å². The van der Waals surface area contributed by atoms with Gasteiger partial charge in [-0.25, -0.2) is 5.01 Å². The van der Waals surface area contributed by atoms with Crippen LogP contribution in [-0.2, 0) is 16.0 Å². The molecule has 0 spiro atoms. The molecule has 0 bridgehead atoms. The van der Waals surface area contributed by atoms with E-state index in [1.807, 2.05) is 35.3 Å². The maximum atomic E-state index is 12.3. The van der Waals surface area contributed by atoms with Crippen LogP contribution in [0.1, 0.15) is 12.5 Å². The van der Waals surface area contributed by atoms with E-state index >= 15 is 0 Å². The van der Waals surface area contributed by atoms with Crippen molar-refractivity contribution >= 4 is 44.2 Å². The van der Waals surface area contributed by atoms with Gasteiger partial charge in [0.1, 0.15) is 0 Å². The number of anilines is 1. The van der Waals surface area contributed by atoms with E-state index in [4.69, 9.17) is 9.84 Å². The van der Waals surface area contributed by atoms with E-state index in [1.54, 1.807) is 18.7 Å². The quantitative estimate of drug-likeness (QED) is 0.672. The molecule has 2 aromatic carbocycles. The smallest absolute Gasteiger partial charge is 0.186 e. The molecule has 2 heterocycles. The molecule has 0 aliphatic carbocycles. The van der Waals surface area contributed by atoms with E-state index in [9.17, 15) is 4.79 Å². The van der Waals surface area contributed by atoms with Gasteiger partial charge in [-0.15, -0.1) is 0 Å². The lowest BCUT2D eigenvalue weighted by Gasteiger charge is -2.46. The predicted octanol–water partition coefficient (Wildman–Crippen LogP) is 4.13. The molecule has 0 saturated carbocycles. The second kappa shape index (κ2) is 8.37. The molecule has 5 nitrogen and oxygen atoms in total. The Morgan fingerprint density at radius 2 is 1.82 bits per heavy atom. The highest BCUT2D eigenvalue weighted by atomic mass is 79.9. The normalized spacial score (nSPS) is 22.9. The number of thioether (sulfide) groups is 1. The number of hydrogen-bond acceptors (Lipinski definition) is 6. The van der Waals surface area contributed by atoms with Gasteiger partial charge in [0.2, 0.25) is 0 Å². The number of rotatable bonds is 5. The molecule has 7 heteroatoms. The topological polar surface area (TPSA) is 45.1 Å². The molecule has 1 fully saturated rings. The Kier molecular flexibility index (Phi) is 5.87. The average molecular weight is 460 g/mol. The fourth-order valence-electron chi connectivity index (χ4n) is 3.56. The Bertz CT molecular complexity index is 869. The van der Waals surface area contributed by atoms with Crippen molar-refractivity contribution in [1.82, 2.24) is 4.90 Å². The van der Waals surface area contributed by atoms with Crippen LogP contribution in [0.25, 0.3) is 0 Å². The van der Waals surface area contributed by atoms with Gasteiger partial charge in [-0.2, -0.15) is 5.10 Å². The van der Waals surface area contributed by atoms with Crippen LogP contribution >= 0.6 is 27.7 Å². The van der Waals surface area contributed by atoms with Gasteiger partial charge in [0.15, 0.2) is 15.8 Å². The lowest BCUT2D eigenvalue weighted by atomic mass is 10.1. The summed E-state index contributed by atoms with van der Waals surface area (Å²) in [7, 11) is 0. The summed E-state index contributed by atoms with van der Waals surface area (Å²) >= 11 is 5.08. The van der Waals surface area contributed by atoms with E-state index in [0.717, 1.165) is 29.7 Å². The third-order valence-corrected chi connectivity index (χ3v) is 6.93. The van der Waals surface area contributed by atoms with Gasteiger partial charge in [0.25, 0.3) is 0 Å². The standard InChI is InChI=1S/C21H22BrN3O2S/c1-16(26)20-23-25(19-5-3-2-4-6-19)21(28-20,24-11-13-27-14-12-24)15-17-7-9-18(22)10-8-17/h2-10H,11-15H2,1H3/t21-/m0/s1. The zero-order valence-electron chi connectivity index (χ0n) is 15.7. The van der Waals surface area contributed by atoms with Crippen molar-refractivity contribution in [3.05, 3.63) is 64.6 Å². The maximum Gasteiger partial charge on any atom is 0.186 e. The van der Waals surface area contributed by atoms with E-state index in [1.165, 1.54) is 5.56 Å². The number of morpholine rings is 1. The van der Waals surface area contributed by atoms with Gasteiger partial charge in [-0.1, -0.05) is 58.0 Å². The molecule has 146 valence electrons.